The van der Waals surface area contributed by atoms with Crippen LogP contribution in [0.4, 0.5) is 0 Å². The average Bonchev–Trinajstić information content (AvgIpc) is 2.67. The Morgan fingerprint density at radius 2 is 2.12 bits per heavy atom. The Kier molecular flexibility index (Phi) is 4.44. The zero-order valence-corrected chi connectivity index (χ0v) is 14.7. The maximum atomic E-state index is 12.1. The zero-order chi connectivity index (χ0) is 18.1. The molecule has 0 saturated heterocycles. The zero-order valence-electron chi connectivity index (χ0n) is 14.7. The first kappa shape index (κ1) is 16.8. The van der Waals surface area contributed by atoms with Crippen LogP contribution in [-0.4, -0.2) is 39.9 Å². The van der Waals surface area contributed by atoms with Crippen LogP contribution in [0.3, 0.4) is 0 Å². The molecule has 0 radical (unpaired) electrons. The third-order valence-electron chi connectivity index (χ3n) is 4.78. The van der Waals surface area contributed by atoms with E-state index in [2.05, 4.69) is 34.2 Å². The number of fused-ring (bicyclic) bond motifs is 2. The fourth-order valence-electron chi connectivity index (χ4n) is 3.44. The molecule has 1 aliphatic heterocycles. The first-order valence-electron chi connectivity index (χ1n) is 8.87. The summed E-state index contributed by atoms with van der Waals surface area (Å²) in [5.74, 6) is 1.40. The van der Waals surface area contributed by atoms with Gasteiger partial charge in [0.25, 0.3) is 5.56 Å². The van der Waals surface area contributed by atoms with Gasteiger partial charge in [-0.3, -0.25) is 9.69 Å². The van der Waals surface area contributed by atoms with Crippen LogP contribution in [0.2, 0.25) is 0 Å². The van der Waals surface area contributed by atoms with Crippen molar-refractivity contribution >= 4 is 10.8 Å². The number of aliphatic hydroxyl groups excluding tert-OH is 1. The lowest BCUT2D eigenvalue weighted by Crippen LogP contribution is -2.24. The lowest BCUT2D eigenvalue weighted by atomic mass is 9.99. The summed E-state index contributed by atoms with van der Waals surface area (Å²) in [6.07, 6.45) is 0.761. The molecule has 0 saturated carbocycles. The topological polar surface area (TPSA) is 78.5 Å². The Labute approximate surface area is 151 Å². The van der Waals surface area contributed by atoms with Crippen LogP contribution in [-0.2, 0) is 6.54 Å². The number of rotatable bonds is 6. The fourth-order valence-corrected chi connectivity index (χ4v) is 3.44. The Bertz CT molecular complexity index is 1010. The van der Waals surface area contributed by atoms with Crippen molar-refractivity contribution in [1.82, 2.24) is 15.1 Å². The van der Waals surface area contributed by atoms with Crippen molar-refractivity contribution in [3.8, 4) is 22.8 Å². The number of ether oxygens (including phenoxy) is 1. The van der Waals surface area contributed by atoms with Crippen molar-refractivity contribution in [1.29, 1.82) is 0 Å². The Morgan fingerprint density at radius 3 is 2.92 bits per heavy atom. The van der Waals surface area contributed by atoms with Crippen LogP contribution in [0.15, 0.2) is 41.2 Å². The summed E-state index contributed by atoms with van der Waals surface area (Å²) < 4.78 is 6.02. The Hall–Kier alpha value is -2.70. The highest BCUT2D eigenvalue weighted by Crippen LogP contribution is 2.44. The van der Waals surface area contributed by atoms with Gasteiger partial charge in [-0.05, 0) is 42.8 Å². The smallest absolute Gasteiger partial charge is 0.272 e. The lowest BCUT2D eigenvalue weighted by molar-refractivity contribution is 0.225. The molecule has 26 heavy (non-hydrogen) atoms. The van der Waals surface area contributed by atoms with E-state index in [-0.39, 0.29) is 12.2 Å². The minimum absolute atomic E-state index is 0.199. The standard InChI is InChI=1S/C20H21N3O3/c1-2-23(9-4-10-24)12-13-7-8-16-15(11-13)19-18-14(20(25)22-21-19)5-3-6-17(18)26-16/h3,5-8,11,24H,2,4,9-10,12H2,1H3,(H,22,25). The summed E-state index contributed by atoms with van der Waals surface area (Å²) in [5.41, 5.74) is 2.57. The monoisotopic (exact) mass is 351 g/mol. The average molecular weight is 351 g/mol. The van der Waals surface area contributed by atoms with Crippen LogP contribution >= 0.6 is 0 Å². The molecule has 0 unspecified atom stereocenters. The molecule has 2 aromatic carbocycles. The van der Waals surface area contributed by atoms with E-state index in [1.807, 2.05) is 18.2 Å². The van der Waals surface area contributed by atoms with Crippen LogP contribution in [0, 0.1) is 0 Å². The summed E-state index contributed by atoms with van der Waals surface area (Å²) in [4.78, 5) is 14.4. The van der Waals surface area contributed by atoms with Gasteiger partial charge >= 0.3 is 0 Å². The van der Waals surface area contributed by atoms with Crippen molar-refractivity contribution in [3.05, 3.63) is 52.3 Å². The summed E-state index contributed by atoms with van der Waals surface area (Å²) in [5, 5.41) is 17.3. The molecular formula is C20H21N3O3. The molecule has 6 nitrogen and oxygen atoms in total. The van der Waals surface area contributed by atoms with Gasteiger partial charge in [0.2, 0.25) is 0 Å². The molecule has 2 N–H and O–H groups in total. The second-order valence-corrected chi connectivity index (χ2v) is 6.46. The number of aliphatic hydroxyl groups is 1. The molecule has 0 amide bonds. The summed E-state index contributed by atoms with van der Waals surface area (Å²) in [7, 11) is 0. The van der Waals surface area contributed by atoms with E-state index in [9.17, 15) is 4.79 Å². The molecule has 6 heteroatoms. The van der Waals surface area contributed by atoms with Crippen molar-refractivity contribution < 1.29 is 9.84 Å². The molecule has 3 aromatic rings. The van der Waals surface area contributed by atoms with Gasteiger partial charge in [0.1, 0.15) is 17.2 Å². The van der Waals surface area contributed by atoms with E-state index in [1.165, 1.54) is 0 Å². The van der Waals surface area contributed by atoms with E-state index >= 15 is 0 Å². The Balaban J connectivity index is 1.76. The molecular weight excluding hydrogens is 330 g/mol. The largest absolute Gasteiger partial charge is 0.456 e. The quantitative estimate of drug-likeness (QED) is 0.558. The number of H-pyrrole nitrogens is 1. The Morgan fingerprint density at radius 1 is 1.23 bits per heavy atom. The van der Waals surface area contributed by atoms with Gasteiger partial charge in [-0.2, -0.15) is 5.10 Å². The minimum Gasteiger partial charge on any atom is -0.456 e. The highest BCUT2D eigenvalue weighted by Gasteiger charge is 2.23. The number of hydrogen-bond donors (Lipinski definition) is 2. The van der Waals surface area contributed by atoms with E-state index in [4.69, 9.17) is 9.84 Å². The van der Waals surface area contributed by atoms with Crippen molar-refractivity contribution in [2.24, 2.45) is 0 Å². The molecule has 0 aliphatic carbocycles. The number of aromatic amines is 1. The predicted molar refractivity (Wildman–Crippen MR) is 101 cm³/mol. The van der Waals surface area contributed by atoms with Crippen LogP contribution in [0.25, 0.3) is 22.0 Å². The van der Waals surface area contributed by atoms with Gasteiger partial charge in [0.15, 0.2) is 0 Å². The molecule has 0 atom stereocenters. The first-order chi connectivity index (χ1) is 12.7. The summed E-state index contributed by atoms with van der Waals surface area (Å²) >= 11 is 0. The van der Waals surface area contributed by atoms with Gasteiger partial charge in [-0.25, -0.2) is 5.10 Å². The van der Waals surface area contributed by atoms with Crippen LogP contribution < -0.4 is 10.3 Å². The van der Waals surface area contributed by atoms with E-state index in [1.54, 1.807) is 6.07 Å². The van der Waals surface area contributed by atoms with E-state index in [0.717, 1.165) is 54.0 Å². The number of aromatic nitrogens is 2. The van der Waals surface area contributed by atoms with Crippen LogP contribution in [0.5, 0.6) is 11.5 Å². The molecule has 0 fully saturated rings. The third-order valence-corrected chi connectivity index (χ3v) is 4.78. The van der Waals surface area contributed by atoms with Gasteiger partial charge in [0, 0.05) is 25.3 Å². The number of nitrogens with zero attached hydrogens (tertiary/aromatic N) is 2. The van der Waals surface area contributed by atoms with Crippen LogP contribution in [0.1, 0.15) is 18.9 Å². The predicted octanol–water partition coefficient (Wildman–Crippen LogP) is 2.90. The van der Waals surface area contributed by atoms with Gasteiger partial charge < -0.3 is 9.84 Å². The highest BCUT2D eigenvalue weighted by atomic mass is 16.5. The molecule has 1 aliphatic rings. The second-order valence-electron chi connectivity index (χ2n) is 6.46. The van der Waals surface area contributed by atoms with Gasteiger partial charge in [0.05, 0.1) is 10.8 Å². The normalized spacial score (nSPS) is 12.3. The minimum atomic E-state index is -0.213. The molecule has 1 aromatic heterocycles. The van der Waals surface area contributed by atoms with Gasteiger partial charge in [-0.15, -0.1) is 0 Å². The highest BCUT2D eigenvalue weighted by molar-refractivity contribution is 6.01. The fraction of sp³-hybridized carbons (Fsp3) is 0.300. The SMILES string of the molecule is CCN(CCCO)Cc1ccc2c(c1)-c1n[nH]c(=O)c3cccc(c13)O2. The maximum absolute atomic E-state index is 12.1. The van der Waals surface area contributed by atoms with Crippen molar-refractivity contribution in [3.63, 3.8) is 0 Å². The number of hydrogen-bond acceptors (Lipinski definition) is 5. The van der Waals surface area contributed by atoms with Crippen molar-refractivity contribution in [2.75, 3.05) is 19.7 Å². The van der Waals surface area contributed by atoms with Gasteiger partial charge in [-0.1, -0.05) is 19.1 Å². The van der Waals surface area contributed by atoms with E-state index < -0.39 is 0 Å². The van der Waals surface area contributed by atoms with Crippen molar-refractivity contribution in [2.45, 2.75) is 19.9 Å². The number of benzene rings is 2. The summed E-state index contributed by atoms with van der Waals surface area (Å²) in [6.45, 7) is 4.87. The molecule has 0 spiro atoms. The molecule has 0 bridgehead atoms. The maximum Gasteiger partial charge on any atom is 0.272 e. The molecule has 4 rings (SSSR count). The summed E-state index contributed by atoms with van der Waals surface area (Å²) in [6, 6.07) is 11.5. The second kappa shape index (κ2) is 6.90. The number of nitrogens with one attached hydrogen (secondary N) is 1. The molecule has 2 heterocycles. The molecule has 134 valence electrons. The first-order valence-corrected chi connectivity index (χ1v) is 8.87. The van der Waals surface area contributed by atoms with E-state index in [0.29, 0.717) is 11.1 Å². The third kappa shape index (κ3) is 2.87. The lowest BCUT2D eigenvalue weighted by Gasteiger charge is -2.23.